The molecular formula is C22H28N2O4S. The van der Waals surface area contributed by atoms with Crippen molar-refractivity contribution >= 4 is 15.9 Å². The van der Waals surface area contributed by atoms with E-state index in [1.807, 2.05) is 44.2 Å². The fourth-order valence-corrected chi connectivity index (χ4v) is 5.16. The van der Waals surface area contributed by atoms with Gasteiger partial charge in [0.2, 0.25) is 15.9 Å². The lowest BCUT2D eigenvalue weighted by molar-refractivity contribution is -0.126. The van der Waals surface area contributed by atoms with Crippen LogP contribution in [0.25, 0.3) is 0 Å². The topological polar surface area (TPSA) is 75.7 Å². The number of hydrogen-bond donors (Lipinski definition) is 1. The van der Waals surface area contributed by atoms with Crippen LogP contribution < -0.4 is 10.1 Å². The third-order valence-corrected chi connectivity index (χ3v) is 7.01. The van der Waals surface area contributed by atoms with E-state index in [0.29, 0.717) is 38.3 Å². The zero-order valence-corrected chi connectivity index (χ0v) is 17.7. The van der Waals surface area contributed by atoms with Gasteiger partial charge in [-0.1, -0.05) is 30.3 Å². The molecule has 1 amide bonds. The standard InChI is InChI=1S/C22H28N2O4S/c1-3-28-21-12-11-20(14-17(21)2)29(26,27)24-13-7-10-19(16-24)22(25)23-15-18-8-5-4-6-9-18/h4-6,8-9,11-12,14,19H,3,7,10,13,15-16H2,1-2H3,(H,23,25)/t19-/m1/s1. The van der Waals surface area contributed by atoms with Crippen LogP contribution >= 0.6 is 0 Å². The van der Waals surface area contributed by atoms with Gasteiger partial charge in [-0.2, -0.15) is 4.31 Å². The molecular weight excluding hydrogens is 388 g/mol. The van der Waals surface area contributed by atoms with Crippen molar-refractivity contribution in [3.05, 3.63) is 59.7 Å². The summed E-state index contributed by atoms with van der Waals surface area (Å²) in [6.07, 6.45) is 1.35. The Morgan fingerprint density at radius 3 is 2.66 bits per heavy atom. The molecule has 1 fully saturated rings. The number of sulfonamides is 1. The second kappa shape index (κ2) is 9.41. The van der Waals surface area contributed by atoms with E-state index in [2.05, 4.69) is 5.32 Å². The molecule has 2 aromatic rings. The van der Waals surface area contributed by atoms with Gasteiger partial charge in [-0.25, -0.2) is 8.42 Å². The highest BCUT2D eigenvalue weighted by atomic mass is 32.2. The summed E-state index contributed by atoms with van der Waals surface area (Å²) in [5.74, 6) is 0.242. The zero-order valence-electron chi connectivity index (χ0n) is 16.9. The molecule has 1 aliphatic heterocycles. The van der Waals surface area contributed by atoms with Crippen molar-refractivity contribution < 1.29 is 17.9 Å². The van der Waals surface area contributed by atoms with Gasteiger partial charge < -0.3 is 10.1 Å². The lowest BCUT2D eigenvalue weighted by atomic mass is 9.99. The molecule has 1 heterocycles. The molecule has 1 aliphatic rings. The Morgan fingerprint density at radius 2 is 1.97 bits per heavy atom. The molecule has 0 unspecified atom stereocenters. The summed E-state index contributed by atoms with van der Waals surface area (Å²) in [7, 11) is -3.65. The number of nitrogens with one attached hydrogen (secondary N) is 1. The molecule has 29 heavy (non-hydrogen) atoms. The van der Waals surface area contributed by atoms with Crippen LogP contribution in [-0.2, 0) is 21.4 Å². The van der Waals surface area contributed by atoms with Gasteiger partial charge >= 0.3 is 0 Å². The Balaban J connectivity index is 1.67. The molecule has 2 aromatic carbocycles. The maximum absolute atomic E-state index is 13.1. The highest BCUT2D eigenvalue weighted by Gasteiger charge is 2.33. The number of benzene rings is 2. The molecule has 0 radical (unpaired) electrons. The van der Waals surface area contributed by atoms with E-state index in [1.54, 1.807) is 18.2 Å². The van der Waals surface area contributed by atoms with Crippen LogP contribution in [-0.4, -0.2) is 38.3 Å². The largest absolute Gasteiger partial charge is 0.494 e. The van der Waals surface area contributed by atoms with Crippen molar-refractivity contribution in [1.82, 2.24) is 9.62 Å². The number of ether oxygens (including phenoxy) is 1. The van der Waals surface area contributed by atoms with Crippen molar-refractivity contribution in [2.24, 2.45) is 5.92 Å². The van der Waals surface area contributed by atoms with Crippen LogP contribution in [0.2, 0.25) is 0 Å². The summed E-state index contributed by atoms with van der Waals surface area (Å²) < 4.78 is 33.1. The molecule has 0 aliphatic carbocycles. The van der Waals surface area contributed by atoms with Gasteiger partial charge in [0.15, 0.2) is 0 Å². The fraction of sp³-hybridized carbons (Fsp3) is 0.409. The first-order chi connectivity index (χ1) is 13.9. The molecule has 0 saturated carbocycles. The number of carbonyl (C=O) groups excluding carboxylic acids is 1. The second-order valence-electron chi connectivity index (χ2n) is 7.27. The van der Waals surface area contributed by atoms with E-state index in [1.165, 1.54) is 4.31 Å². The average Bonchev–Trinajstić information content (AvgIpc) is 2.74. The summed E-state index contributed by atoms with van der Waals surface area (Å²) in [4.78, 5) is 12.8. The second-order valence-corrected chi connectivity index (χ2v) is 9.20. The molecule has 0 spiro atoms. The Hall–Kier alpha value is -2.38. The maximum Gasteiger partial charge on any atom is 0.243 e. The van der Waals surface area contributed by atoms with Gasteiger partial charge in [0, 0.05) is 19.6 Å². The Bertz CT molecular complexity index is 945. The SMILES string of the molecule is CCOc1ccc(S(=O)(=O)N2CCC[C@@H](C(=O)NCc3ccccc3)C2)cc1C. The van der Waals surface area contributed by atoms with E-state index in [-0.39, 0.29) is 23.3 Å². The van der Waals surface area contributed by atoms with Crippen molar-refractivity contribution in [1.29, 1.82) is 0 Å². The van der Waals surface area contributed by atoms with E-state index < -0.39 is 10.0 Å². The number of amides is 1. The van der Waals surface area contributed by atoms with E-state index in [4.69, 9.17) is 4.74 Å². The first-order valence-electron chi connectivity index (χ1n) is 9.97. The first kappa shape index (κ1) is 21.3. The van der Waals surface area contributed by atoms with Crippen molar-refractivity contribution in [3.63, 3.8) is 0 Å². The molecule has 0 bridgehead atoms. The minimum absolute atomic E-state index is 0.100. The minimum atomic E-state index is -3.65. The van der Waals surface area contributed by atoms with Crippen LogP contribution in [0.5, 0.6) is 5.75 Å². The van der Waals surface area contributed by atoms with E-state index >= 15 is 0 Å². The highest BCUT2D eigenvalue weighted by Crippen LogP contribution is 2.27. The Kier molecular flexibility index (Phi) is 6.92. The number of piperidine rings is 1. The smallest absolute Gasteiger partial charge is 0.243 e. The molecule has 6 nitrogen and oxygen atoms in total. The Labute approximate surface area is 172 Å². The first-order valence-corrected chi connectivity index (χ1v) is 11.4. The normalized spacial score (nSPS) is 17.7. The zero-order chi connectivity index (χ0) is 20.9. The monoisotopic (exact) mass is 416 g/mol. The maximum atomic E-state index is 13.1. The molecule has 7 heteroatoms. The third kappa shape index (κ3) is 5.16. The molecule has 0 aromatic heterocycles. The summed E-state index contributed by atoms with van der Waals surface area (Å²) in [5, 5.41) is 2.93. The number of nitrogens with zero attached hydrogens (tertiary/aromatic N) is 1. The van der Waals surface area contributed by atoms with E-state index in [0.717, 1.165) is 11.1 Å². The molecule has 1 N–H and O–H groups in total. The summed E-state index contributed by atoms with van der Waals surface area (Å²) in [6.45, 7) is 5.33. The van der Waals surface area contributed by atoms with Crippen LogP contribution in [0, 0.1) is 12.8 Å². The van der Waals surface area contributed by atoms with Gasteiger partial charge in [-0.15, -0.1) is 0 Å². The average molecular weight is 417 g/mol. The quantitative estimate of drug-likeness (QED) is 0.753. The predicted octanol–water partition coefficient (Wildman–Crippen LogP) is 3.11. The molecule has 3 rings (SSSR count). The minimum Gasteiger partial charge on any atom is -0.494 e. The van der Waals surface area contributed by atoms with Crippen LogP contribution in [0.1, 0.15) is 30.9 Å². The van der Waals surface area contributed by atoms with E-state index in [9.17, 15) is 13.2 Å². The van der Waals surface area contributed by atoms with Gasteiger partial charge in [-0.05, 0) is 56.0 Å². The van der Waals surface area contributed by atoms with Gasteiger partial charge in [-0.3, -0.25) is 4.79 Å². The molecule has 1 atom stereocenters. The van der Waals surface area contributed by atoms with Crippen LogP contribution in [0.15, 0.2) is 53.4 Å². The number of hydrogen-bond acceptors (Lipinski definition) is 4. The Morgan fingerprint density at radius 1 is 1.21 bits per heavy atom. The number of aryl methyl sites for hydroxylation is 1. The van der Waals surface area contributed by atoms with Gasteiger partial charge in [0.05, 0.1) is 17.4 Å². The summed E-state index contributed by atoms with van der Waals surface area (Å²) in [5.41, 5.74) is 1.80. The van der Waals surface area contributed by atoms with Gasteiger partial charge in [0.1, 0.15) is 5.75 Å². The fourth-order valence-electron chi connectivity index (χ4n) is 3.55. The summed E-state index contributed by atoms with van der Waals surface area (Å²) in [6, 6.07) is 14.6. The molecule has 1 saturated heterocycles. The lowest BCUT2D eigenvalue weighted by Crippen LogP contribution is -2.45. The number of rotatable bonds is 7. The highest BCUT2D eigenvalue weighted by molar-refractivity contribution is 7.89. The lowest BCUT2D eigenvalue weighted by Gasteiger charge is -2.31. The van der Waals surface area contributed by atoms with Crippen LogP contribution in [0.4, 0.5) is 0 Å². The van der Waals surface area contributed by atoms with Gasteiger partial charge in [0.25, 0.3) is 0 Å². The predicted molar refractivity (Wildman–Crippen MR) is 112 cm³/mol. The van der Waals surface area contributed by atoms with Crippen LogP contribution in [0.3, 0.4) is 0 Å². The number of carbonyl (C=O) groups is 1. The van der Waals surface area contributed by atoms with Crippen molar-refractivity contribution in [2.75, 3.05) is 19.7 Å². The molecule has 156 valence electrons. The summed E-state index contributed by atoms with van der Waals surface area (Å²) >= 11 is 0. The van der Waals surface area contributed by atoms with Crippen molar-refractivity contribution in [3.8, 4) is 5.75 Å². The third-order valence-electron chi connectivity index (χ3n) is 5.15. The van der Waals surface area contributed by atoms with Crippen molar-refractivity contribution in [2.45, 2.75) is 38.1 Å².